The molecule has 5 nitrogen and oxygen atoms in total. The Bertz CT molecular complexity index is 608. The number of nitro benzene ring substituents is 1. The van der Waals surface area contributed by atoms with E-state index in [0.29, 0.717) is 5.56 Å². The van der Waals surface area contributed by atoms with Crippen molar-refractivity contribution in [3.63, 3.8) is 0 Å². The molecule has 1 N–H and O–H groups in total. The lowest BCUT2D eigenvalue weighted by molar-refractivity contribution is -0.385. The van der Waals surface area contributed by atoms with Crippen LogP contribution in [-0.4, -0.2) is 14.6 Å². The van der Waals surface area contributed by atoms with E-state index >= 15 is 0 Å². The molecule has 2 aromatic rings. The molecule has 0 saturated carbocycles. The summed E-state index contributed by atoms with van der Waals surface area (Å²) >= 11 is 0. The predicted molar refractivity (Wildman–Crippen MR) is 67.2 cm³/mol. The molecule has 0 aliphatic rings. The molecule has 100 valence electrons. The Morgan fingerprint density at radius 3 is 2.79 bits per heavy atom. The molecule has 0 bridgehead atoms. The molecule has 2 rings (SSSR count). The Hall–Kier alpha value is -2.21. The van der Waals surface area contributed by atoms with Gasteiger partial charge in [0.1, 0.15) is 5.82 Å². The fraction of sp³-hybridized carbons (Fsp3) is 0.231. The van der Waals surface area contributed by atoms with Crippen molar-refractivity contribution in [3.8, 4) is 0 Å². The second-order valence-corrected chi connectivity index (χ2v) is 4.32. The van der Waals surface area contributed by atoms with Crippen molar-refractivity contribution < 1.29 is 14.4 Å². The highest BCUT2D eigenvalue weighted by atomic mass is 19.1. The number of hydrogen-bond acceptors (Lipinski definition) is 3. The minimum absolute atomic E-state index is 0.117. The van der Waals surface area contributed by atoms with Gasteiger partial charge >= 0.3 is 0 Å². The average molecular weight is 264 g/mol. The molecule has 1 atom stereocenters. The lowest BCUT2D eigenvalue weighted by Gasteiger charge is -2.05. The molecular formula is C13H13FN2O3. The summed E-state index contributed by atoms with van der Waals surface area (Å²) in [5.41, 5.74) is 0.880. The molecule has 0 saturated heterocycles. The van der Waals surface area contributed by atoms with E-state index in [0.717, 1.165) is 18.2 Å². The lowest BCUT2D eigenvalue weighted by Crippen LogP contribution is -2.02. The second-order valence-electron chi connectivity index (χ2n) is 4.32. The quantitative estimate of drug-likeness (QED) is 0.681. The highest BCUT2D eigenvalue weighted by Gasteiger charge is 2.15. The molecule has 1 unspecified atom stereocenters. The van der Waals surface area contributed by atoms with E-state index in [1.54, 1.807) is 30.0 Å². The van der Waals surface area contributed by atoms with Gasteiger partial charge in [0, 0.05) is 18.5 Å². The molecule has 0 fully saturated rings. The number of hydrogen-bond donors (Lipinski definition) is 1. The van der Waals surface area contributed by atoms with Crippen LogP contribution in [0.25, 0.3) is 0 Å². The Morgan fingerprint density at radius 2 is 2.21 bits per heavy atom. The number of aromatic nitrogens is 1. The Morgan fingerprint density at radius 1 is 1.47 bits per heavy atom. The summed E-state index contributed by atoms with van der Waals surface area (Å²) in [5.74, 6) is -0.511. The zero-order valence-electron chi connectivity index (χ0n) is 10.3. The summed E-state index contributed by atoms with van der Waals surface area (Å²) in [5, 5.41) is 20.3. The van der Waals surface area contributed by atoms with Crippen LogP contribution in [0.3, 0.4) is 0 Å². The minimum Gasteiger partial charge on any atom is -0.389 e. The third-order valence-corrected chi connectivity index (χ3v) is 2.85. The van der Waals surface area contributed by atoms with Crippen LogP contribution < -0.4 is 0 Å². The van der Waals surface area contributed by atoms with Crippen LogP contribution >= 0.6 is 0 Å². The van der Waals surface area contributed by atoms with Gasteiger partial charge in [0.25, 0.3) is 5.69 Å². The van der Waals surface area contributed by atoms with Gasteiger partial charge in [-0.25, -0.2) is 4.39 Å². The molecule has 6 heteroatoms. The maximum absolute atomic E-state index is 13.2. The topological polar surface area (TPSA) is 68.3 Å². The molecule has 1 aromatic heterocycles. The largest absolute Gasteiger partial charge is 0.389 e. The first-order valence-corrected chi connectivity index (χ1v) is 5.74. The molecule has 0 aliphatic carbocycles. The van der Waals surface area contributed by atoms with E-state index in [2.05, 4.69) is 0 Å². The van der Waals surface area contributed by atoms with Crippen molar-refractivity contribution in [2.75, 3.05) is 0 Å². The molecule has 0 aliphatic heterocycles. The van der Waals surface area contributed by atoms with E-state index in [1.807, 2.05) is 0 Å². The molecule has 1 aromatic carbocycles. The van der Waals surface area contributed by atoms with Gasteiger partial charge in [-0.1, -0.05) is 0 Å². The summed E-state index contributed by atoms with van der Waals surface area (Å²) in [4.78, 5) is 10.3. The molecule has 19 heavy (non-hydrogen) atoms. The van der Waals surface area contributed by atoms with Gasteiger partial charge in [-0.05, 0) is 30.7 Å². The third-order valence-electron chi connectivity index (χ3n) is 2.85. The number of nitrogens with zero attached hydrogens (tertiary/aromatic N) is 2. The van der Waals surface area contributed by atoms with Gasteiger partial charge < -0.3 is 9.67 Å². The average Bonchev–Trinajstić information content (AvgIpc) is 2.77. The minimum atomic E-state index is -0.608. The third kappa shape index (κ3) is 2.97. The van der Waals surface area contributed by atoms with Crippen LogP contribution in [0, 0.1) is 15.9 Å². The standard InChI is InChI=1S/C13H13FN2O3/c1-9(17)10-4-5-15(7-10)8-11-6-12(14)2-3-13(11)16(18)19/h2-7,9,17H,8H2,1H3. The SMILES string of the molecule is CC(O)c1ccn(Cc2cc(F)ccc2[N+](=O)[O-])c1. The normalized spacial score (nSPS) is 12.4. The smallest absolute Gasteiger partial charge is 0.274 e. The fourth-order valence-corrected chi connectivity index (χ4v) is 1.86. The number of rotatable bonds is 4. The van der Waals surface area contributed by atoms with Crippen molar-refractivity contribution in [1.82, 2.24) is 4.57 Å². The maximum atomic E-state index is 13.2. The van der Waals surface area contributed by atoms with E-state index in [-0.39, 0.29) is 17.8 Å². The highest BCUT2D eigenvalue weighted by molar-refractivity contribution is 5.40. The second kappa shape index (κ2) is 5.19. The zero-order chi connectivity index (χ0) is 14.0. The van der Waals surface area contributed by atoms with Crippen molar-refractivity contribution >= 4 is 5.69 Å². The zero-order valence-corrected chi connectivity index (χ0v) is 10.3. The van der Waals surface area contributed by atoms with E-state index in [9.17, 15) is 19.6 Å². The molecule has 0 radical (unpaired) electrons. The van der Waals surface area contributed by atoms with E-state index < -0.39 is 16.8 Å². The van der Waals surface area contributed by atoms with Gasteiger partial charge in [0.2, 0.25) is 0 Å². The highest BCUT2D eigenvalue weighted by Crippen LogP contribution is 2.21. The number of aliphatic hydroxyl groups excluding tert-OH is 1. The first-order valence-electron chi connectivity index (χ1n) is 5.74. The first-order chi connectivity index (χ1) is 8.97. The summed E-state index contributed by atoms with van der Waals surface area (Å²) in [6.45, 7) is 1.81. The van der Waals surface area contributed by atoms with Crippen LogP contribution in [0.5, 0.6) is 0 Å². The van der Waals surface area contributed by atoms with Crippen molar-refractivity contribution in [3.05, 3.63) is 63.7 Å². The van der Waals surface area contributed by atoms with E-state index in [1.165, 1.54) is 0 Å². The number of nitro groups is 1. The first kappa shape index (κ1) is 13.2. The molecule has 0 amide bonds. The van der Waals surface area contributed by atoms with Crippen LogP contribution in [0.15, 0.2) is 36.7 Å². The van der Waals surface area contributed by atoms with Gasteiger partial charge in [0.05, 0.1) is 23.1 Å². The summed E-state index contributed by atoms with van der Waals surface area (Å²) in [7, 11) is 0. The van der Waals surface area contributed by atoms with Gasteiger partial charge in [-0.3, -0.25) is 10.1 Å². The van der Waals surface area contributed by atoms with Crippen LogP contribution in [-0.2, 0) is 6.54 Å². The van der Waals surface area contributed by atoms with Crippen LogP contribution in [0.4, 0.5) is 10.1 Å². The van der Waals surface area contributed by atoms with Crippen molar-refractivity contribution in [1.29, 1.82) is 0 Å². The van der Waals surface area contributed by atoms with Crippen molar-refractivity contribution in [2.45, 2.75) is 19.6 Å². The summed E-state index contributed by atoms with van der Waals surface area (Å²) in [6, 6.07) is 5.10. The molecule has 0 spiro atoms. The van der Waals surface area contributed by atoms with Crippen LogP contribution in [0.2, 0.25) is 0 Å². The number of benzene rings is 1. The van der Waals surface area contributed by atoms with Gasteiger partial charge in [-0.15, -0.1) is 0 Å². The maximum Gasteiger partial charge on any atom is 0.274 e. The fourth-order valence-electron chi connectivity index (χ4n) is 1.86. The van der Waals surface area contributed by atoms with Crippen molar-refractivity contribution in [2.24, 2.45) is 0 Å². The number of halogens is 1. The monoisotopic (exact) mass is 264 g/mol. The van der Waals surface area contributed by atoms with E-state index in [4.69, 9.17) is 0 Å². The summed E-state index contributed by atoms with van der Waals surface area (Å²) < 4.78 is 14.8. The summed E-state index contributed by atoms with van der Waals surface area (Å²) in [6.07, 6.45) is 2.76. The predicted octanol–water partition coefficient (Wildman–Crippen LogP) is 2.64. The Balaban J connectivity index is 2.31. The lowest BCUT2D eigenvalue weighted by atomic mass is 10.1. The van der Waals surface area contributed by atoms with Gasteiger partial charge in [-0.2, -0.15) is 0 Å². The van der Waals surface area contributed by atoms with Gasteiger partial charge in [0.15, 0.2) is 0 Å². The van der Waals surface area contributed by atoms with Crippen LogP contribution in [0.1, 0.15) is 24.2 Å². The Labute approximate surface area is 109 Å². The number of aliphatic hydroxyl groups is 1. The molecular weight excluding hydrogens is 251 g/mol. The molecule has 1 heterocycles. The Kier molecular flexibility index (Phi) is 3.62.